The van der Waals surface area contributed by atoms with Crippen molar-refractivity contribution in [2.75, 3.05) is 37.7 Å². The van der Waals surface area contributed by atoms with Crippen LogP contribution in [0, 0.1) is 0 Å². The molecule has 0 saturated carbocycles. The second kappa shape index (κ2) is 8.59. The van der Waals surface area contributed by atoms with Crippen molar-refractivity contribution in [3.63, 3.8) is 0 Å². The highest BCUT2D eigenvalue weighted by Gasteiger charge is 2.27. The van der Waals surface area contributed by atoms with E-state index in [1.54, 1.807) is 36.1 Å². The smallest absolute Gasteiger partial charge is 0.277 e. The summed E-state index contributed by atoms with van der Waals surface area (Å²) in [5, 5.41) is 8.84. The van der Waals surface area contributed by atoms with Crippen molar-refractivity contribution in [1.82, 2.24) is 19.4 Å². The number of amides is 1. The zero-order chi connectivity index (χ0) is 19.4. The van der Waals surface area contributed by atoms with Crippen LogP contribution < -0.4 is 0 Å². The zero-order valence-corrected chi connectivity index (χ0v) is 17.1. The van der Waals surface area contributed by atoms with Gasteiger partial charge in [-0.25, -0.2) is 8.42 Å². The van der Waals surface area contributed by atoms with E-state index in [1.165, 1.54) is 4.31 Å². The van der Waals surface area contributed by atoms with Crippen LogP contribution in [-0.4, -0.2) is 71.4 Å². The van der Waals surface area contributed by atoms with Crippen molar-refractivity contribution in [3.8, 4) is 11.5 Å². The fourth-order valence-corrected chi connectivity index (χ4v) is 4.47. The minimum Gasteiger partial charge on any atom is -0.411 e. The number of sulfonamides is 1. The van der Waals surface area contributed by atoms with Gasteiger partial charge in [-0.05, 0) is 31.2 Å². The molecule has 2 aromatic rings. The number of hydrogen-bond donors (Lipinski definition) is 0. The fraction of sp³-hybridized carbons (Fsp3) is 0.438. The van der Waals surface area contributed by atoms with Gasteiger partial charge in [0.05, 0.1) is 11.5 Å². The Morgan fingerprint density at radius 3 is 2.48 bits per heavy atom. The maximum absolute atomic E-state index is 12.3. The predicted molar refractivity (Wildman–Crippen MR) is 103 cm³/mol. The quantitative estimate of drug-likeness (QED) is 0.646. The van der Waals surface area contributed by atoms with E-state index in [4.69, 9.17) is 16.0 Å². The molecule has 1 aliphatic rings. The molecule has 1 aromatic heterocycles. The van der Waals surface area contributed by atoms with Gasteiger partial charge in [-0.1, -0.05) is 23.4 Å². The molecule has 146 valence electrons. The van der Waals surface area contributed by atoms with Crippen molar-refractivity contribution >= 4 is 39.3 Å². The number of hydrogen-bond acceptors (Lipinski definition) is 7. The summed E-state index contributed by atoms with van der Waals surface area (Å²) in [5.41, 5.74) is 0.748. The van der Waals surface area contributed by atoms with Crippen molar-refractivity contribution in [3.05, 3.63) is 29.3 Å². The van der Waals surface area contributed by atoms with E-state index >= 15 is 0 Å². The average molecular weight is 431 g/mol. The Hall–Kier alpha value is -1.62. The Bertz CT molecular complexity index is 893. The summed E-state index contributed by atoms with van der Waals surface area (Å²) in [5.74, 6) is 0.506. The van der Waals surface area contributed by atoms with Gasteiger partial charge < -0.3 is 9.32 Å². The summed E-state index contributed by atoms with van der Waals surface area (Å²) in [6.07, 6.45) is 0. The molecule has 0 radical (unpaired) electrons. The Balaban J connectivity index is 1.51. The van der Waals surface area contributed by atoms with E-state index in [9.17, 15) is 13.2 Å². The van der Waals surface area contributed by atoms with E-state index in [1.807, 2.05) is 0 Å². The fourth-order valence-electron chi connectivity index (χ4n) is 2.59. The van der Waals surface area contributed by atoms with Gasteiger partial charge in [-0.15, -0.1) is 10.2 Å². The number of halogens is 1. The number of piperazine rings is 1. The van der Waals surface area contributed by atoms with Crippen LogP contribution in [0.15, 0.2) is 33.9 Å². The normalized spacial score (nSPS) is 15.9. The van der Waals surface area contributed by atoms with Crippen LogP contribution in [0.3, 0.4) is 0 Å². The van der Waals surface area contributed by atoms with Crippen molar-refractivity contribution in [2.45, 2.75) is 12.1 Å². The number of rotatable bonds is 6. The summed E-state index contributed by atoms with van der Waals surface area (Å²) < 4.78 is 30.7. The molecule has 11 heteroatoms. The van der Waals surface area contributed by atoms with Crippen LogP contribution in [0.25, 0.3) is 11.5 Å². The molecule has 1 aromatic carbocycles. The second-order valence-corrected chi connectivity index (χ2v) is 9.47. The van der Waals surface area contributed by atoms with Gasteiger partial charge in [0.15, 0.2) is 0 Å². The third kappa shape index (κ3) is 5.01. The molecule has 27 heavy (non-hydrogen) atoms. The maximum Gasteiger partial charge on any atom is 0.277 e. The van der Waals surface area contributed by atoms with Gasteiger partial charge >= 0.3 is 0 Å². The van der Waals surface area contributed by atoms with Crippen LogP contribution in [0.5, 0.6) is 0 Å². The lowest BCUT2D eigenvalue weighted by Crippen LogP contribution is -2.51. The number of nitrogens with zero attached hydrogens (tertiary/aromatic N) is 4. The first-order valence-electron chi connectivity index (χ1n) is 8.37. The molecule has 1 fully saturated rings. The van der Waals surface area contributed by atoms with Gasteiger partial charge in [0.2, 0.25) is 21.8 Å². The number of aromatic nitrogens is 2. The van der Waals surface area contributed by atoms with Crippen LogP contribution in [0.4, 0.5) is 0 Å². The first kappa shape index (κ1) is 20.1. The molecular weight excluding hydrogens is 412 g/mol. The summed E-state index contributed by atoms with van der Waals surface area (Å²) in [4.78, 5) is 14.0. The number of thioether (sulfide) groups is 1. The summed E-state index contributed by atoms with van der Waals surface area (Å²) in [7, 11) is -3.20. The van der Waals surface area contributed by atoms with E-state index in [0.29, 0.717) is 42.3 Å². The summed E-state index contributed by atoms with van der Waals surface area (Å²) in [6, 6.07) is 7.02. The third-order valence-corrected chi connectivity index (χ3v) is 7.10. The number of carbonyl (C=O) groups excluding carboxylic acids is 1. The lowest BCUT2D eigenvalue weighted by Gasteiger charge is -2.33. The summed E-state index contributed by atoms with van der Waals surface area (Å²) >= 11 is 7.02. The Morgan fingerprint density at radius 2 is 1.85 bits per heavy atom. The molecule has 1 aliphatic heterocycles. The van der Waals surface area contributed by atoms with E-state index in [-0.39, 0.29) is 17.4 Å². The van der Waals surface area contributed by atoms with Gasteiger partial charge in [-0.2, -0.15) is 4.31 Å². The molecule has 0 atom stereocenters. The Labute approximate surface area is 166 Å². The molecule has 0 spiro atoms. The molecule has 0 aliphatic carbocycles. The molecule has 1 saturated heterocycles. The lowest BCUT2D eigenvalue weighted by molar-refractivity contribution is -0.129. The minimum atomic E-state index is -3.20. The van der Waals surface area contributed by atoms with Gasteiger partial charge in [0, 0.05) is 36.8 Å². The molecule has 0 N–H and O–H groups in total. The number of carbonyl (C=O) groups is 1. The molecule has 1 amide bonds. The molecule has 0 unspecified atom stereocenters. The topological polar surface area (TPSA) is 96.6 Å². The van der Waals surface area contributed by atoms with E-state index in [2.05, 4.69) is 10.2 Å². The molecule has 8 nitrogen and oxygen atoms in total. The molecule has 3 rings (SSSR count). The van der Waals surface area contributed by atoms with Crippen molar-refractivity contribution < 1.29 is 17.6 Å². The average Bonchev–Trinajstić information content (AvgIpc) is 3.16. The highest BCUT2D eigenvalue weighted by molar-refractivity contribution is 7.99. The third-order valence-electron chi connectivity index (χ3n) is 4.17. The minimum absolute atomic E-state index is 0.0733. The first-order chi connectivity index (χ1) is 12.9. The van der Waals surface area contributed by atoms with Gasteiger partial charge in [0.1, 0.15) is 0 Å². The maximum atomic E-state index is 12.3. The predicted octanol–water partition coefficient (Wildman–Crippen LogP) is 1.98. The standard InChI is InChI=1S/C16H19ClN4O4S2/c1-2-27(23,24)21-9-7-20(8-10-21)14(22)11-26-16-19-18-15(25-16)12-3-5-13(17)6-4-12/h3-6H,2,7-11H2,1H3. The van der Waals surface area contributed by atoms with Crippen LogP contribution >= 0.6 is 23.4 Å². The SMILES string of the molecule is CCS(=O)(=O)N1CCN(C(=O)CSc2nnc(-c3ccc(Cl)cc3)o2)CC1. The molecule has 2 heterocycles. The largest absolute Gasteiger partial charge is 0.411 e. The van der Waals surface area contributed by atoms with Crippen molar-refractivity contribution in [1.29, 1.82) is 0 Å². The molecule has 0 bridgehead atoms. The summed E-state index contributed by atoms with van der Waals surface area (Å²) in [6.45, 7) is 3.05. The molecular formula is C16H19ClN4O4S2. The van der Waals surface area contributed by atoms with E-state index in [0.717, 1.165) is 17.3 Å². The highest BCUT2D eigenvalue weighted by atomic mass is 35.5. The number of benzene rings is 1. The van der Waals surface area contributed by atoms with Crippen LogP contribution in [0.1, 0.15) is 6.92 Å². The van der Waals surface area contributed by atoms with Crippen LogP contribution in [-0.2, 0) is 14.8 Å². The first-order valence-corrected chi connectivity index (χ1v) is 11.3. The zero-order valence-electron chi connectivity index (χ0n) is 14.7. The monoisotopic (exact) mass is 430 g/mol. The highest BCUT2D eigenvalue weighted by Crippen LogP contribution is 2.24. The van der Waals surface area contributed by atoms with Crippen molar-refractivity contribution in [2.24, 2.45) is 0 Å². The van der Waals surface area contributed by atoms with Gasteiger partial charge in [-0.3, -0.25) is 4.79 Å². The Morgan fingerprint density at radius 1 is 1.19 bits per heavy atom. The van der Waals surface area contributed by atoms with Crippen LogP contribution in [0.2, 0.25) is 5.02 Å². The second-order valence-electron chi connectivity index (χ2n) is 5.85. The van der Waals surface area contributed by atoms with Gasteiger partial charge in [0.25, 0.3) is 5.22 Å². The van der Waals surface area contributed by atoms with E-state index < -0.39 is 10.0 Å². The Kier molecular flexibility index (Phi) is 6.40. The lowest BCUT2D eigenvalue weighted by atomic mass is 10.2.